The number of piperazine rings is 1. The minimum absolute atomic E-state index is 0.192. The van der Waals surface area contributed by atoms with Crippen molar-refractivity contribution < 1.29 is 5.11 Å². The zero-order chi connectivity index (χ0) is 19.8. The average Bonchev–Trinajstić information content (AvgIpc) is 3.23. The number of fused-ring (bicyclic) bond motifs is 1. The summed E-state index contributed by atoms with van der Waals surface area (Å²) in [6, 6.07) is 11.3. The SMILES string of the molecule is Cc1cc(N2CCN(c3ncnc4sccc34)CC2)nc(-c2ccccc2O)n1. The summed E-state index contributed by atoms with van der Waals surface area (Å²) in [4.78, 5) is 23.7. The van der Waals surface area contributed by atoms with Crippen molar-refractivity contribution in [3.05, 3.63) is 53.8 Å². The van der Waals surface area contributed by atoms with Crippen LogP contribution in [0.1, 0.15) is 5.69 Å². The van der Waals surface area contributed by atoms with Crippen molar-refractivity contribution in [1.82, 2.24) is 19.9 Å². The lowest BCUT2D eigenvalue weighted by molar-refractivity contribution is 0.477. The predicted octanol–water partition coefficient (Wildman–Crippen LogP) is 3.49. The van der Waals surface area contributed by atoms with Crippen LogP contribution in [0.5, 0.6) is 5.75 Å². The molecule has 0 aliphatic carbocycles. The molecule has 1 aliphatic heterocycles. The second-order valence-corrected chi connectivity index (χ2v) is 7.91. The van der Waals surface area contributed by atoms with Gasteiger partial charge in [-0.05, 0) is 30.5 Å². The summed E-state index contributed by atoms with van der Waals surface area (Å²) >= 11 is 1.64. The Morgan fingerprint density at radius 2 is 1.76 bits per heavy atom. The standard InChI is InChI=1S/C21H20N6OS/c1-14-12-18(25-19(24-14)15-4-2-3-5-17(15)28)26-7-9-27(10-8-26)20-16-6-11-29-21(16)23-13-22-20/h2-6,11-13,28H,7-10H2,1H3. The molecule has 1 saturated heterocycles. The summed E-state index contributed by atoms with van der Waals surface area (Å²) in [6.07, 6.45) is 1.65. The monoisotopic (exact) mass is 404 g/mol. The van der Waals surface area contributed by atoms with Gasteiger partial charge in [-0.1, -0.05) is 12.1 Å². The Morgan fingerprint density at radius 3 is 2.59 bits per heavy atom. The molecule has 7 nitrogen and oxygen atoms in total. The number of rotatable bonds is 3. The summed E-state index contributed by atoms with van der Waals surface area (Å²) in [5.41, 5.74) is 1.53. The molecular formula is C21H20N6OS. The highest BCUT2D eigenvalue weighted by Gasteiger charge is 2.22. The molecular weight excluding hydrogens is 384 g/mol. The quantitative estimate of drug-likeness (QED) is 0.560. The maximum atomic E-state index is 10.2. The number of thiophene rings is 1. The minimum atomic E-state index is 0.192. The van der Waals surface area contributed by atoms with Crippen molar-refractivity contribution >= 4 is 33.2 Å². The number of phenols is 1. The second kappa shape index (κ2) is 7.29. The molecule has 146 valence electrons. The van der Waals surface area contributed by atoms with Gasteiger partial charge in [0.15, 0.2) is 5.82 Å². The Hall–Kier alpha value is -3.26. The summed E-state index contributed by atoms with van der Waals surface area (Å²) in [7, 11) is 0. The summed E-state index contributed by atoms with van der Waals surface area (Å²) in [5.74, 6) is 2.64. The van der Waals surface area contributed by atoms with E-state index in [-0.39, 0.29) is 5.75 Å². The number of hydrogen-bond donors (Lipinski definition) is 1. The molecule has 4 aromatic rings. The Kier molecular flexibility index (Phi) is 4.48. The van der Waals surface area contributed by atoms with Crippen LogP contribution in [-0.4, -0.2) is 51.2 Å². The fourth-order valence-corrected chi connectivity index (χ4v) is 4.40. The molecule has 5 rings (SSSR count). The largest absolute Gasteiger partial charge is 0.507 e. The molecule has 8 heteroatoms. The fourth-order valence-electron chi connectivity index (χ4n) is 3.67. The predicted molar refractivity (Wildman–Crippen MR) is 116 cm³/mol. The highest BCUT2D eigenvalue weighted by Crippen LogP contribution is 2.30. The zero-order valence-corrected chi connectivity index (χ0v) is 16.8. The van der Waals surface area contributed by atoms with Crippen molar-refractivity contribution in [3.8, 4) is 17.1 Å². The Labute approximate surface area is 172 Å². The number of aryl methyl sites for hydroxylation is 1. The van der Waals surface area contributed by atoms with Gasteiger partial charge in [0.2, 0.25) is 0 Å². The smallest absolute Gasteiger partial charge is 0.165 e. The van der Waals surface area contributed by atoms with Crippen LogP contribution in [0.15, 0.2) is 48.1 Å². The molecule has 4 heterocycles. The van der Waals surface area contributed by atoms with E-state index < -0.39 is 0 Å². The van der Waals surface area contributed by atoms with E-state index in [4.69, 9.17) is 4.98 Å². The van der Waals surface area contributed by atoms with Gasteiger partial charge in [0.25, 0.3) is 0 Å². The van der Waals surface area contributed by atoms with Crippen LogP contribution in [0.4, 0.5) is 11.6 Å². The van der Waals surface area contributed by atoms with Crippen molar-refractivity contribution in [2.24, 2.45) is 0 Å². The molecule has 1 aromatic carbocycles. The molecule has 0 spiro atoms. The first-order chi connectivity index (χ1) is 14.2. The van der Waals surface area contributed by atoms with E-state index in [0.717, 1.165) is 53.7 Å². The van der Waals surface area contributed by atoms with Gasteiger partial charge in [-0.25, -0.2) is 19.9 Å². The first-order valence-corrected chi connectivity index (χ1v) is 10.4. The molecule has 1 N–H and O–H groups in total. The van der Waals surface area contributed by atoms with Gasteiger partial charge in [-0.2, -0.15) is 0 Å². The van der Waals surface area contributed by atoms with Gasteiger partial charge in [-0.15, -0.1) is 11.3 Å². The number of benzene rings is 1. The topological polar surface area (TPSA) is 78.3 Å². The summed E-state index contributed by atoms with van der Waals surface area (Å²) in [6.45, 7) is 5.35. The molecule has 29 heavy (non-hydrogen) atoms. The van der Waals surface area contributed by atoms with Crippen LogP contribution in [0, 0.1) is 6.92 Å². The van der Waals surface area contributed by atoms with Crippen molar-refractivity contribution in [3.63, 3.8) is 0 Å². The second-order valence-electron chi connectivity index (χ2n) is 7.02. The van der Waals surface area contributed by atoms with Crippen molar-refractivity contribution in [2.75, 3.05) is 36.0 Å². The lowest BCUT2D eigenvalue weighted by Gasteiger charge is -2.36. The van der Waals surface area contributed by atoms with Crippen LogP contribution in [0.3, 0.4) is 0 Å². The van der Waals surface area contributed by atoms with Gasteiger partial charge < -0.3 is 14.9 Å². The van der Waals surface area contributed by atoms with E-state index >= 15 is 0 Å². The number of phenolic OH excluding ortho intramolecular Hbond substituents is 1. The normalized spacial score (nSPS) is 14.5. The van der Waals surface area contributed by atoms with Crippen LogP contribution in [0.25, 0.3) is 21.6 Å². The summed E-state index contributed by atoms with van der Waals surface area (Å²) < 4.78 is 0. The first-order valence-electron chi connectivity index (χ1n) is 9.51. The number of hydrogen-bond acceptors (Lipinski definition) is 8. The Balaban J connectivity index is 1.38. The van der Waals surface area contributed by atoms with Crippen LogP contribution < -0.4 is 9.80 Å². The molecule has 0 radical (unpaired) electrons. The van der Waals surface area contributed by atoms with Gasteiger partial charge in [0.05, 0.1) is 10.9 Å². The number of aromatic nitrogens is 4. The third-order valence-corrected chi connectivity index (χ3v) is 5.95. The molecule has 3 aromatic heterocycles. The molecule has 0 amide bonds. The van der Waals surface area contributed by atoms with Crippen molar-refractivity contribution in [2.45, 2.75) is 6.92 Å². The lowest BCUT2D eigenvalue weighted by Crippen LogP contribution is -2.47. The lowest BCUT2D eigenvalue weighted by atomic mass is 10.2. The third-order valence-electron chi connectivity index (χ3n) is 5.13. The fraction of sp³-hybridized carbons (Fsp3) is 0.238. The van der Waals surface area contributed by atoms with Gasteiger partial charge in [-0.3, -0.25) is 0 Å². The number of para-hydroxylation sites is 1. The van der Waals surface area contributed by atoms with Crippen LogP contribution in [0.2, 0.25) is 0 Å². The van der Waals surface area contributed by atoms with E-state index in [2.05, 4.69) is 36.2 Å². The van der Waals surface area contributed by atoms with Crippen LogP contribution >= 0.6 is 11.3 Å². The van der Waals surface area contributed by atoms with Crippen molar-refractivity contribution in [1.29, 1.82) is 0 Å². The maximum Gasteiger partial charge on any atom is 0.165 e. The number of aromatic hydroxyl groups is 1. The molecule has 0 saturated carbocycles. The highest BCUT2D eigenvalue weighted by atomic mass is 32.1. The molecule has 0 atom stereocenters. The van der Waals surface area contributed by atoms with Crippen LogP contribution in [-0.2, 0) is 0 Å². The van der Waals surface area contributed by atoms with E-state index in [9.17, 15) is 5.11 Å². The first kappa shape index (κ1) is 17.8. The number of anilines is 2. The van der Waals surface area contributed by atoms with E-state index in [0.29, 0.717) is 11.4 Å². The highest BCUT2D eigenvalue weighted by molar-refractivity contribution is 7.16. The maximum absolute atomic E-state index is 10.2. The van der Waals surface area contributed by atoms with E-state index in [1.165, 1.54) is 0 Å². The average molecular weight is 404 g/mol. The van der Waals surface area contributed by atoms with Gasteiger partial charge in [0, 0.05) is 37.9 Å². The Morgan fingerprint density at radius 1 is 0.966 bits per heavy atom. The summed E-state index contributed by atoms with van der Waals surface area (Å²) in [5, 5.41) is 13.3. The minimum Gasteiger partial charge on any atom is -0.507 e. The molecule has 1 aliphatic rings. The van der Waals surface area contributed by atoms with E-state index in [1.807, 2.05) is 25.1 Å². The zero-order valence-electron chi connectivity index (χ0n) is 16.0. The van der Waals surface area contributed by atoms with Gasteiger partial charge >= 0.3 is 0 Å². The van der Waals surface area contributed by atoms with E-state index in [1.54, 1.807) is 29.8 Å². The molecule has 0 unspecified atom stereocenters. The Bertz CT molecular complexity index is 1170. The number of nitrogens with zero attached hydrogens (tertiary/aromatic N) is 6. The molecule has 0 bridgehead atoms. The van der Waals surface area contributed by atoms with Gasteiger partial charge in [0.1, 0.15) is 28.5 Å². The third kappa shape index (κ3) is 3.36. The molecule has 1 fully saturated rings.